The highest BCUT2D eigenvalue weighted by atomic mass is 35.5. The van der Waals surface area contributed by atoms with Crippen molar-refractivity contribution in [3.8, 4) is 0 Å². The molecule has 0 spiro atoms. The molecule has 1 atom stereocenters. The lowest BCUT2D eigenvalue weighted by molar-refractivity contribution is -0.0298. The van der Waals surface area contributed by atoms with E-state index in [4.69, 9.17) is 11.6 Å². The molecule has 2 aromatic rings. The summed E-state index contributed by atoms with van der Waals surface area (Å²) in [6, 6.07) is 7.67. The van der Waals surface area contributed by atoms with Crippen LogP contribution >= 0.6 is 11.6 Å². The van der Waals surface area contributed by atoms with Crippen molar-refractivity contribution < 1.29 is 5.11 Å². The van der Waals surface area contributed by atoms with Crippen LogP contribution in [0.2, 0.25) is 5.02 Å². The van der Waals surface area contributed by atoms with Gasteiger partial charge in [-0.25, -0.2) is 9.67 Å². The molecular formula is C17H20ClN3O. The standard InChI is InChI=1S/C17H20ClN3O/c1-16(2)8-7-14(9-13-3-5-15(18)6-4-13)17(16,22)10-21-12-19-11-20-21/h3-6,9,11-12,22H,7-8,10H2,1-2H3/b14-9-/t17-/m1/s1. The van der Waals surface area contributed by atoms with Gasteiger partial charge in [0.2, 0.25) is 0 Å². The molecule has 1 aliphatic rings. The smallest absolute Gasteiger partial charge is 0.137 e. The van der Waals surface area contributed by atoms with Crippen LogP contribution in [0.25, 0.3) is 6.08 Å². The average Bonchev–Trinajstić information content (AvgIpc) is 3.04. The number of hydrogen-bond acceptors (Lipinski definition) is 3. The summed E-state index contributed by atoms with van der Waals surface area (Å²) in [5, 5.41) is 16.2. The molecule has 116 valence electrons. The number of nitrogens with zero attached hydrogens (tertiary/aromatic N) is 3. The topological polar surface area (TPSA) is 50.9 Å². The fourth-order valence-electron chi connectivity index (χ4n) is 3.11. The number of aromatic nitrogens is 3. The van der Waals surface area contributed by atoms with Gasteiger partial charge in [-0.15, -0.1) is 0 Å². The molecule has 1 aromatic carbocycles. The van der Waals surface area contributed by atoms with Crippen molar-refractivity contribution >= 4 is 17.7 Å². The van der Waals surface area contributed by atoms with E-state index < -0.39 is 5.60 Å². The largest absolute Gasteiger partial charge is 0.383 e. The minimum absolute atomic E-state index is 0.211. The Balaban J connectivity index is 1.97. The van der Waals surface area contributed by atoms with Gasteiger partial charge in [0.25, 0.3) is 0 Å². The summed E-state index contributed by atoms with van der Waals surface area (Å²) in [6.07, 6.45) is 7.03. The molecule has 1 fully saturated rings. The molecule has 1 aromatic heterocycles. The zero-order valence-electron chi connectivity index (χ0n) is 12.8. The Morgan fingerprint density at radius 3 is 2.68 bits per heavy atom. The molecule has 0 aliphatic heterocycles. The minimum atomic E-state index is -0.930. The molecule has 22 heavy (non-hydrogen) atoms. The fraction of sp³-hybridized carbons (Fsp3) is 0.412. The molecule has 1 N–H and O–H groups in total. The van der Waals surface area contributed by atoms with Gasteiger partial charge in [0.15, 0.2) is 0 Å². The Morgan fingerprint density at radius 1 is 1.32 bits per heavy atom. The second kappa shape index (κ2) is 5.52. The van der Waals surface area contributed by atoms with Gasteiger partial charge in [-0.05, 0) is 41.5 Å². The Hall–Kier alpha value is -1.65. The van der Waals surface area contributed by atoms with E-state index in [1.807, 2.05) is 24.3 Å². The van der Waals surface area contributed by atoms with E-state index in [9.17, 15) is 5.11 Å². The number of aliphatic hydroxyl groups is 1. The molecule has 1 heterocycles. The number of rotatable bonds is 3. The number of hydrogen-bond donors (Lipinski definition) is 1. The second-order valence-electron chi connectivity index (χ2n) is 6.56. The highest BCUT2D eigenvalue weighted by Crippen LogP contribution is 2.50. The van der Waals surface area contributed by atoms with Crippen molar-refractivity contribution in [1.82, 2.24) is 14.8 Å². The summed E-state index contributed by atoms with van der Waals surface area (Å²) in [6.45, 7) is 4.62. The van der Waals surface area contributed by atoms with E-state index >= 15 is 0 Å². The second-order valence-corrected chi connectivity index (χ2v) is 6.99. The summed E-state index contributed by atoms with van der Waals surface area (Å²) in [5.41, 5.74) is 0.946. The zero-order chi connectivity index (χ0) is 15.8. The molecule has 4 nitrogen and oxygen atoms in total. The van der Waals surface area contributed by atoms with Gasteiger partial charge in [-0.3, -0.25) is 0 Å². The normalized spacial score (nSPS) is 25.7. The van der Waals surface area contributed by atoms with E-state index in [0.29, 0.717) is 11.6 Å². The van der Waals surface area contributed by atoms with Gasteiger partial charge < -0.3 is 5.11 Å². The minimum Gasteiger partial charge on any atom is -0.383 e. The summed E-state index contributed by atoms with van der Waals surface area (Å²) in [7, 11) is 0. The van der Waals surface area contributed by atoms with E-state index in [2.05, 4.69) is 30.0 Å². The third-order valence-corrected chi connectivity index (χ3v) is 4.99. The molecule has 5 heteroatoms. The molecule has 0 saturated heterocycles. The summed E-state index contributed by atoms with van der Waals surface area (Å²) >= 11 is 5.94. The lowest BCUT2D eigenvalue weighted by atomic mass is 9.76. The quantitative estimate of drug-likeness (QED) is 0.941. The maximum Gasteiger partial charge on any atom is 0.137 e. The first kappa shape index (κ1) is 15.3. The van der Waals surface area contributed by atoms with Crippen LogP contribution in [0.15, 0.2) is 42.5 Å². The predicted octanol–water partition coefficient (Wildman–Crippen LogP) is 3.57. The van der Waals surface area contributed by atoms with Crippen molar-refractivity contribution in [2.45, 2.75) is 38.8 Å². The fourth-order valence-corrected chi connectivity index (χ4v) is 3.24. The van der Waals surface area contributed by atoms with Crippen molar-refractivity contribution in [3.05, 3.63) is 53.1 Å². The lowest BCUT2D eigenvalue weighted by Crippen LogP contribution is -2.45. The highest BCUT2D eigenvalue weighted by molar-refractivity contribution is 6.30. The Labute approximate surface area is 135 Å². The van der Waals surface area contributed by atoms with Crippen molar-refractivity contribution in [2.75, 3.05) is 0 Å². The highest BCUT2D eigenvalue weighted by Gasteiger charge is 2.51. The predicted molar refractivity (Wildman–Crippen MR) is 87.4 cm³/mol. The van der Waals surface area contributed by atoms with Crippen LogP contribution in [-0.2, 0) is 6.54 Å². The van der Waals surface area contributed by atoms with E-state index in [1.165, 1.54) is 6.33 Å². The first-order chi connectivity index (χ1) is 10.4. The van der Waals surface area contributed by atoms with Crippen LogP contribution < -0.4 is 0 Å². The van der Waals surface area contributed by atoms with Crippen molar-refractivity contribution in [2.24, 2.45) is 5.41 Å². The van der Waals surface area contributed by atoms with Gasteiger partial charge in [0.1, 0.15) is 18.3 Å². The molecule has 0 amide bonds. The summed E-state index contributed by atoms with van der Waals surface area (Å²) in [5.74, 6) is 0. The van der Waals surface area contributed by atoms with Crippen LogP contribution in [0.4, 0.5) is 0 Å². The van der Waals surface area contributed by atoms with E-state index in [1.54, 1.807) is 11.0 Å². The van der Waals surface area contributed by atoms with Crippen molar-refractivity contribution in [1.29, 1.82) is 0 Å². The number of halogens is 1. The van der Waals surface area contributed by atoms with Crippen molar-refractivity contribution in [3.63, 3.8) is 0 Å². The van der Waals surface area contributed by atoms with Gasteiger partial charge in [0, 0.05) is 5.02 Å². The maximum absolute atomic E-state index is 11.4. The van der Waals surface area contributed by atoms with Crippen LogP contribution in [0.5, 0.6) is 0 Å². The first-order valence-electron chi connectivity index (χ1n) is 7.42. The zero-order valence-corrected chi connectivity index (χ0v) is 13.6. The molecular weight excluding hydrogens is 298 g/mol. The van der Waals surface area contributed by atoms with E-state index in [-0.39, 0.29) is 5.41 Å². The van der Waals surface area contributed by atoms with Gasteiger partial charge in [-0.2, -0.15) is 5.10 Å². The van der Waals surface area contributed by atoms with Gasteiger partial charge >= 0.3 is 0 Å². The molecule has 3 rings (SSSR count). The maximum atomic E-state index is 11.4. The van der Waals surface area contributed by atoms with Gasteiger partial charge in [-0.1, -0.05) is 43.7 Å². The Morgan fingerprint density at radius 2 is 2.05 bits per heavy atom. The third-order valence-electron chi connectivity index (χ3n) is 4.74. The Bertz CT molecular complexity index is 676. The molecule has 0 unspecified atom stereocenters. The average molecular weight is 318 g/mol. The SMILES string of the molecule is CC1(C)CC/C(=C/c2ccc(Cl)cc2)[C@]1(O)Cn1cncn1. The Kier molecular flexibility index (Phi) is 3.83. The van der Waals surface area contributed by atoms with Crippen LogP contribution in [0, 0.1) is 5.41 Å². The van der Waals surface area contributed by atoms with E-state index in [0.717, 1.165) is 24.0 Å². The first-order valence-corrected chi connectivity index (χ1v) is 7.80. The third kappa shape index (κ3) is 2.69. The van der Waals surface area contributed by atoms with Crippen LogP contribution in [0.3, 0.4) is 0 Å². The molecule has 1 saturated carbocycles. The monoisotopic (exact) mass is 317 g/mol. The lowest BCUT2D eigenvalue weighted by Gasteiger charge is -2.37. The van der Waals surface area contributed by atoms with Gasteiger partial charge in [0.05, 0.1) is 6.54 Å². The summed E-state index contributed by atoms with van der Waals surface area (Å²) < 4.78 is 1.70. The molecule has 1 aliphatic carbocycles. The number of benzene rings is 1. The summed E-state index contributed by atoms with van der Waals surface area (Å²) in [4.78, 5) is 3.97. The molecule has 0 bridgehead atoms. The van der Waals surface area contributed by atoms with Crippen LogP contribution in [0.1, 0.15) is 32.3 Å². The van der Waals surface area contributed by atoms with Crippen LogP contribution in [-0.4, -0.2) is 25.5 Å². The molecule has 0 radical (unpaired) electrons.